The van der Waals surface area contributed by atoms with E-state index in [-0.39, 0.29) is 35.9 Å². The lowest BCUT2D eigenvalue weighted by Crippen LogP contribution is -2.31. The molecule has 0 fully saturated rings. The molecule has 0 unspecified atom stereocenters. The first-order valence-corrected chi connectivity index (χ1v) is 10.7. The SMILES string of the molecule is CC(C)CCN1C(=O)c2ccc(C(=O)OCC(=O)NCc3ccc4c(c3)OCO4)cc2C1=O. The van der Waals surface area contributed by atoms with Crippen LogP contribution in [0.25, 0.3) is 0 Å². The molecular weight excluding hydrogens is 428 g/mol. The van der Waals surface area contributed by atoms with E-state index >= 15 is 0 Å². The van der Waals surface area contributed by atoms with Gasteiger partial charge in [0.25, 0.3) is 17.7 Å². The molecule has 0 bridgehead atoms. The van der Waals surface area contributed by atoms with Gasteiger partial charge in [0.05, 0.1) is 16.7 Å². The third-order valence-corrected chi connectivity index (χ3v) is 5.40. The Balaban J connectivity index is 1.31. The Labute approximate surface area is 190 Å². The fourth-order valence-corrected chi connectivity index (χ4v) is 3.53. The zero-order chi connectivity index (χ0) is 23.5. The number of hydrogen-bond acceptors (Lipinski definition) is 7. The topological polar surface area (TPSA) is 111 Å². The van der Waals surface area contributed by atoms with E-state index in [1.54, 1.807) is 18.2 Å². The van der Waals surface area contributed by atoms with Crippen molar-refractivity contribution in [3.8, 4) is 11.5 Å². The number of fused-ring (bicyclic) bond motifs is 2. The number of ether oxygens (including phenoxy) is 3. The Kier molecular flexibility index (Phi) is 6.30. The van der Waals surface area contributed by atoms with Crippen molar-refractivity contribution < 1.29 is 33.4 Å². The molecule has 2 aliphatic rings. The molecule has 2 aromatic carbocycles. The van der Waals surface area contributed by atoms with Gasteiger partial charge in [-0.2, -0.15) is 0 Å². The quantitative estimate of drug-likeness (QED) is 0.484. The maximum Gasteiger partial charge on any atom is 0.338 e. The number of imide groups is 1. The molecule has 9 heteroatoms. The molecule has 2 heterocycles. The maximum atomic E-state index is 12.6. The lowest BCUT2D eigenvalue weighted by Gasteiger charge is -2.14. The number of hydrogen-bond donors (Lipinski definition) is 1. The van der Waals surface area contributed by atoms with Crippen molar-refractivity contribution in [1.82, 2.24) is 10.2 Å². The van der Waals surface area contributed by atoms with Gasteiger partial charge in [-0.15, -0.1) is 0 Å². The van der Waals surface area contributed by atoms with E-state index in [4.69, 9.17) is 14.2 Å². The number of carbonyl (C=O) groups is 4. The molecule has 9 nitrogen and oxygen atoms in total. The highest BCUT2D eigenvalue weighted by Crippen LogP contribution is 2.32. The summed E-state index contributed by atoms with van der Waals surface area (Å²) in [5, 5.41) is 2.66. The summed E-state index contributed by atoms with van der Waals surface area (Å²) in [4.78, 5) is 50.8. The Morgan fingerprint density at radius 3 is 2.58 bits per heavy atom. The van der Waals surface area contributed by atoms with Gasteiger partial charge in [0.15, 0.2) is 18.1 Å². The first-order chi connectivity index (χ1) is 15.8. The molecule has 2 aliphatic heterocycles. The van der Waals surface area contributed by atoms with E-state index in [0.29, 0.717) is 30.4 Å². The second kappa shape index (κ2) is 9.32. The monoisotopic (exact) mass is 452 g/mol. The van der Waals surface area contributed by atoms with Crippen molar-refractivity contribution in [3.63, 3.8) is 0 Å². The van der Waals surface area contributed by atoms with Crippen molar-refractivity contribution in [2.45, 2.75) is 26.8 Å². The van der Waals surface area contributed by atoms with Crippen LogP contribution in [0.1, 0.15) is 56.9 Å². The molecule has 172 valence electrons. The van der Waals surface area contributed by atoms with Crippen molar-refractivity contribution >= 4 is 23.7 Å². The van der Waals surface area contributed by atoms with Gasteiger partial charge in [0, 0.05) is 13.1 Å². The average molecular weight is 452 g/mol. The normalized spacial score (nSPS) is 14.0. The fraction of sp³-hybridized carbons (Fsp3) is 0.333. The predicted octanol–water partition coefficient (Wildman–Crippen LogP) is 2.53. The van der Waals surface area contributed by atoms with Gasteiger partial charge in [-0.3, -0.25) is 19.3 Å². The highest BCUT2D eigenvalue weighted by atomic mass is 16.7. The van der Waals surface area contributed by atoms with E-state index in [1.807, 2.05) is 13.8 Å². The third-order valence-electron chi connectivity index (χ3n) is 5.40. The molecule has 0 spiro atoms. The summed E-state index contributed by atoms with van der Waals surface area (Å²) in [5.74, 6) is -0.413. The Hall–Kier alpha value is -3.88. The van der Waals surface area contributed by atoms with Crippen LogP contribution in [0.2, 0.25) is 0 Å². The standard InChI is InChI=1S/C24H24N2O7/c1-14(2)7-8-26-22(28)17-5-4-16(10-18(17)23(26)29)24(30)31-12-21(27)25-11-15-3-6-19-20(9-15)33-13-32-19/h3-6,9-10,14H,7-8,11-13H2,1-2H3,(H,25,27). The molecule has 0 aromatic heterocycles. The van der Waals surface area contributed by atoms with E-state index in [0.717, 1.165) is 5.56 Å². The van der Waals surface area contributed by atoms with E-state index < -0.39 is 24.4 Å². The van der Waals surface area contributed by atoms with E-state index in [2.05, 4.69) is 5.32 Å². The van der Waals surface area contributed by atoms with Crippen LogP contribution in [0, 0.1) is 5.92 Å². The molecule has 4 rings (SSSR count). The predicted molar refractivity (Wildman–Crippen MR) is 116 cm³/mol. The van der Waals surface area contributed by atoms with Crippen molar-refractivity contribution in [1.29, 1.82) is 0 Å². The molecular formula is C24H24N2O7. The molecule has 2 aromatic rings. The van der Waals surface area contributed by atoms with Gasteiger partial charge >= 0.3 is 5.97 Å². The minimum Gasteiger partial charge on any atom is -0.454 e. The van der Waals surface area contributed by atoms with Crippen LogP contribution >= 0.6 is 0 Å². The zero-order valence-electron chi connectivity index (χ0n) is 18.4. The largest absolute Gasteiger partial charge is 0.454 e. The Bertz CT molecular complexity index is 1130. The number of amides is 3. The molecule has 0 radical (unpaired) electrons. The molecule has 1 N–H and O–H groups in total. The molecule has 33 heavy (non-hydrogen) atoms. The van der Waals surface area contributed by atoms with Crippen LogP contribution in [-0.2, 0) is 16.1 Å². The van der Waals surface area contributed by atoms with Crippen LogP contribution in [0.3, 0.4) is 0 Å². The Morgan fingerprint density at radius 2 is 1.79 bits per heavy atom. The molecule has 3 amide bonds. The summed E-state index contributed by atoms with van der Waals surface area (Å²) >= 11 is 0. The van der Waals surface area contributed by atoms with Crippen molar-refractivity contribution in [2.75, 3.05) is 19.9 Å². The number of benzene rings is 2. The summed E-state index contributed by atoms with van der Waals surface area (Å²) in [7, 11) is 0. The number of nitrogens with one attached hydrogen (secondary N) is 1. The van der Waals surface area contributed by atoms with Crippen LogP contribution in [-0.4, -0.2) is 48.5 Å². The lowest BCUT2D eigenvalue weighted by atomic mass is 10.1. The number of nitrogens with zero attached hydrogens (tertiary/aromatic N) is 1. The van der Waals surface area contributed by atoms with E-state index in [1.165, 1.54) is 23.1 Å². The average Bonchev–Trinajstić information content (AvgIpc) is 3.36. The summed E-state index contributed by atoms with van der Waals surface area (Å²) in [5.41, 5.74) is 1.35. The van der Waals surface area contributed by atoms with Gasteiger partial charge in [0.2, 0.25) is 6.79 Å². The third kappa shape index (κ3) is 4.82. The highest BCUT2D eigenvalue weighted by molar-refractivity contribution is 6.22. The van der Waals surface area contributed by atoms with Crippen LogP contribution < -0.4 is 14.8 Å². The second-order valence-corrected chi connectivity index (χ2v) is 8.25. The molecule has 0 aliphatic carbocycles. The van der Waals surface area contributed by atoms with Gasteiger partial charge in [-0.25, -0.2) is 4.79 Å². The van der Waals surface area contributed by atoms with Gasteiger partial charge in [-0.1, -0.05) is 19.9 Å². The summed E-state index contributed by atoms with van der Waals surface area (Å²) in [6.07, 6.45) is 0.696. The lowest BCUT2D eigenvalue weighted by molar-refractivity contribution is -0.124. The molecule has 0 saturated carbocycles. The van der Waals surface area contributed by atoms with E-state index in [9.17, 15) is 19.2 Å². The Morgan fingerprint density at radius 1 is 1.03 bits per heavy atom. The number of carbonyl (C=O) groups excluding carboxylic acids is 4. The first-order valence-electron chi connectivity index (χ1n) is 10.7. The zero-order valence-corrected chi connectivity index (χ0v) is 18.4. The minimum atomic E-state index is -0.753. The first kappa shape index (κ1) is 22.3. The van der Waals surface area contributed by atoms with Crippen LogP contribution in [0.5, 0.6) is 11.5 Å². The smallest absolute Gasteiger partial charge is 0.338 e. The van der Waals surface area contributed by atoms with Crippen molar-refractivity contribution in [3.05, 3.63) is 58.7 Å². The summed E-state index contributed by atoms with van der Waals surface area (Å²) in [6, 6.07) is 9.53. The van der Waals surface area contributed by atoms with Crippen molar-refractivity contribution in [2.24, 2.45) is 5.92 Å². The summed E-state index contributed by atoms with van der Waals surface area (Å²) < 4.78 is 15.6. The second-order valence-electron chi connectivity index (χ2n) is 8.25. The van der Waals surface area contributed by atoms with Gasteiger partial charge in [0.1, 0.15) is 0 Å². The minimum absolute atomic E-state index is 0.101. The summed E-state index contributed by atoms with van der Waals surface area (Å²) in [6.45, 7) is 4.27. The maximum absolute atomic E-state index is 12.6. The van der Waals surface area contributed by atoms with Gasteiger partial charge in [-0.05, 0) is 48.2 Å². The van der Waals surface area contributed by atoms with Crippen LogP contribution in [0.4, 0.5) is 0 Å². The van der Waals surface area contributed by atoms with Gasteiger partial charge < -0.3 is 19.5 Å². The fourth-order valence-electron chi connectivity index (χ4n) is 3.53. The molecule has 0 saturated heterocycles. The number of rotatable bonds is 8. The van der Waals surface area contributed by atoms with Crippen LogP contribution in [0.15, 0.2) is 36.4 Å². The number of esters is 1. The highest BCUT2D eigenvalue weighted by Gasteiger charge is 2.35. The molecule has 0 atom stereocenters.